The van der Waals surface area contributed by atoms with E-state index in [0.717, 1.165) is 11.1 Å². The molecule has 0 radical (unpaired) electrons. The largest absolute Gasteiger partial charge is 0.489 e. The van der Waals surface area contributed by atoms with Crippen molar-refractivity contribution >= 4 is 29.5 Å². The Labute approximate surface area is 173 Å². The molecular weight excluding hydrogens is 390 g/mol. The maximum atomic E-state index is 12.0. The first-order valence-electron chi connectivity index (χ1n) is 8.76. The van der Waals surface area contributed by atoms with Gasteiger partial charge in [0.25, 0.3) is 11.8 Å². The highest BCUT2D eigenvalue weighted by molar-refractivity contribution is 6.33. The number of rotatable bonds is 6. The molecule has 1 aromatic heterocycles. The van der Waals surface area contributed by atoms with Crippen molar-refractivity contribution in [3.63, 3.8) is 0 Å². The molecule has 2 amide bonds. The molecule has 0 bridgehead atoms. The van der Waals surface area contributed by atoms with Crippen molar-refractivity contribution in [3.8, 4) is 5.75 Å². The molecule has 0 fully saturated rings. The number of carbonyl (C=O) groups is 2. The van der Waals surface area contributed by atoms with Gasteiger partial charge in [-0.15, -0.1) is 0 Å². The van der Waals surface area contributed by atoms with Crippen LogP contribution in [-0.2, 0) is 11.4 Å². The molecule has 7 heteroatoms. The summed E-state index contributed by atoms with van der Waals surface area (Å²) in [6.07, 6.45) is 6.41. The maximum absolute atomic E-state index is 12.0. The van der Waals surface area contributed by atoms with Gasteiger partial charge in [-0.3, -0.25) is 25.4 Å². The Kier molecular flexibility index (Phi) is 6.97. The van der Waals surface area contributed by atoms with E-state index < -0.39 is 11.8 Å². The van der Waals surface area contributed by atoms with Crippen molar-refractivity contribution in [1.29, 1.82) is 0 Å². The van der Waals surface area contributed by atoms with Gasteiger partial charge < -0.3 is 4.74 Å². The lowest BCUT2D eigenvalue weighted by molar-refractivity contribution is -0.117. The quantitative estimate of drug-likeness (QED) is 0.481. The van der Waals surface area contributed by atoms with Crippen molar-refractivity contribution in [3.05, 3.63) is 101 Å². The Morgan fingerprint density at radius 3 is 2.52 bits per heavy atom. The van der Waals surface area contributed by atoms with Crippen LogP contribution in [-0.4, -0.2) is 16.8 Å². The topological polar surface area (TPSA) is 80.3 Å². The summed E-state index contributed by atoms with van der Waals surface area (Å²) in [5.74, 6) is -0.253. The van der Waals surface area contributed by atoms with Gasteiger partial charge in [0, 0.05) is 24.0 Å². The van der Waals surface area contributed by atoms with Crippen LogP contribution in [0.15, 0.2) is 79.1 Å². The number of nitrogens with one attached hydrogen (secondary N) is 2. The van der Waals surface area contributed by atoms with E-state index in [-0.39, 0.29) is 5.56 Å². The van der Waals surface area contributed by atoms with E-state index in [2.05, 4.69) is 15.8 Å². The number of halogens is 1. The highest BCUT2D eigenvalue weighted by Gasteiger charge is 2.09. The van der Waals surface area contributed by atoms with Crippen LogP contribution in [0.5, 0.6) is 5.75 Å². The van der Waals surface area contributed by atoms with E-state index in [1.165, 1.54) is 6.08 Å². The van der Waals surface area contributed by atoms with E-state index in [1.54, 1.807) is 42.7 Å². The van der Waals surface area contributed by atoms with Crippen molar-refractivity contribution in [2.45, 2.75) is 6.61 Å². The summed E-state index contributed by atoms with van der Waals surface area (Å²) in [6.45, 7) is 0.427. The lowest BCUT2D eigenvalue weighted by Crippen LogP contribution is -2.40. The number of aromatic nitrogens is 1. The summed E-state index contributed by atoms with van der Waals surface area (Å²) >= 11 is 5.94. The average Bonchev–Trinajstić information content (AvgIpc) is 2.76. The summed E-state index contributed by atoms with van der Waals surface area (Å²) in [4.78, 5) is 27.9. The van der Waals surface area contributed by atoms with Gasteiger partial charge in [-0.05, 0) is 42.0 Å². The van der Waals surface area contributed by atoms with E-state index in [1.807, 2.05) is 36.4 Å². The summed E-state index contributed by atoms with van der Waals surface area (Å²) in [6, 6.07) is 17.6. The Morgan fingerprint density at radius 2 is 1.79 bits per heavy atom. The van der Waals surface area contributed by atoms with Crippen LogP contribution in [0.3, 0.4) is 0 Å². The molecule has 6 nitrogen and oxygen atoms in total. The van der Waals surface area contributed by atoms with Crippen LogP contribution in [0.25, 0.3) is 6.08 Å². The fourth-order valence-electron chi connectivity index (χ4n) is 2.37. The molecule has 0 unspecified atom stereocenters. The number of carbonyl (C=O) groups excluding carboxylic acids is 2. The van der Waals surface area contributed by atoms with Crippen molar-refractivity contribution in [2.75, 3.05) is 0 Å². The summed E-state index contributed by atoms with van der Waals surface area (Å²) < 4.78 is 5.69. The predicted octanol–water partition coefficient (Wildman–Crippen LogP) is 3.79. The van der Waals surface area contributed by atoms with Crippen LogP contribution in [0.4, 0.5) is 0 Å². The van der Waals surface area contributed by atoms with Gasteiger partial charge in [0.1, 0.15) is 12.4 Å². The minimum absolute atomic E-state index is 0.278. The maximum Gasteiger partial charge on any atom is 0.271 e. The molecule has 3 rings (SSSR count). The number of nitrogens with zero attached hydrogens (tertiary/aromatic N) is 1. The molecule has 0 spiro atoms. The number of hydrogen-bond acceptors (Lipinski definition) is 4. The zero-order valence-corrected chi connectivity index (χ0v) is 16.1. The molecule has 0 atom stereocenters. The molecular formula is C22H18ClN3O3. The van der Waals surface area contributed by atoms with Crippen LogP contribution in [0.1, 0.15) is 21.5 Å². The second-order valence-corrected chi connectivity index (χ2v) is 6.38. The SMILES string of the molecule is O=C(/C=C/c1ccc(OCc2cccnc2)cc1)NNC(=O)c1ccccc1Cl. The Bertz CT molecular complexity index is 1010. The average molecular weight is 408 g/mol. The molecule has 2 aromatic carbocycles. The minimum Gasteiger partial charge on any atom is -0.489 e. The lowest BCUT2D eigenvalue weighted by atomic mass is 10.2. The first-order valence-corrected chi connectivity index (χ1v) is 9.14. The van der Waals surface area contributed by atoms with Gasteiger partial charge in [0.15, 0.2) is 0 Å². The normalized spacial score (nSPS) is 10.5. The number of hydrogen-bond donors (Lipinski definition) is 2. The van der Waals surface area contributed by atoms with Crippen LogP contribution in [0, 0.1) is 0 Å². The van der Waals surface area contributed by atoms with Gasteiger partial charge in [0.2, 0.25) is 0 Å². The lowest BCUT2D eigenvalue weighted by Gasteiger charge is -2.07. The van der Waals surface area contributed by atoms with Gasteiger partial charge in [-0.2, -0.15) is 0 Å². The third-order valence-electron chi connectivity index (χ3n) is 3.85. The Morgan fingerprint density at radius 1 is 1.00 bits per heavy atom. The van der Waals surface area contributed by atoms with Gasteiger partial charge in [-0.1, -0.05) is 41.9 Å². The molecule has 0 aliphatic heterocycles. The smallest absolute Gasteiger partial charge is 0.271 e. The minimum atomic E-state index is -0.493. The summed E-state index contributed by atoms with van der Waals surface area (Å²) in [5.41, 5.74) is 6.70. The van der Waals surface area contributed by atoms with Gasteiger partial charge in [-0.25, -0.2) is 0 Å². The molecule has 0 aliphatic rings. The fraction of sp³-hybridized carbons (Fsp3) is 0.0455. The highest BCUT2D eigenvalue weighted by atomic mass is 35.5. The fourth-order valence-corrected chi connectivity index (χ4v) is 2.59. The van der Waals surface area contributed by atoms with Crippen molar-refractivity contribution in [1.82, 2.24) is 15.8 Å². The van der Waals surface area contributed by atoms with Crippen molar-refractivity contribution in [2.24, 2.45) is 0 Å². The second-order valence-electron chi connectivity index (χ2n) is 5.98. The third kappa shape index (κ3) is 6.19. The Hall–Kier alpha value is -3.64. The van der Waals surface area contributed by atoms with Crippen LogP contribution in [0.2, 0.25) is 5.02 Å². The number of amides is 2. The zero-order valence-electron chi connectivity index (χ0n) is 15.3. The second kappa shape index (κ2) is 10.1. The first-order chi connectivity index (χ1) is 14.1. The first kappa shape index (κ1) is 20.1. The third-order valence-corrected chi connectivity index (χ3v) is 4.18. The van der Waals surface area contributed by atoms with E-state index in [4.69, 9.17) is 16.3 Å². The van der Waals surface area contributed by atoms with Crippen molar-refractivity contribution < 1.29 is 14.3 Å². The van der Waals surface area contributed by atoms with E-state index >= 15 is 0 Å². The standard InChI is InChI=1S/C22H18ClN3O3/c23-20-6-2-1-5-19(20)22(28)26-25-21(27)12-9-16-7-10-18(11-8-16)29-15-17-4-3-13-24-14-17/h1-14H,15H2,(H,25,27)(H,26,28)/b12-9+. The van der Waals surface area contributed by atoms with E-state index in [9.17, 15) is 9.59 Å². The zero-order chi connectivity index (χ0) is 20.5. The number of benzene rings is 2. The van der Waals surface area contributed by atoms with E-state index in [0.29, 0.717) is 17.4 Å². The number of ether oxygens (including phenoxy) is 1. The van der Waals surface area contributed by atoms with Crippen LogP contribution >= 0.6 is 11.6 Å². The van der Waals surface area contributed by atoms with Crippen LogP contribution < -0.4 is 15.6 Å². The molecule has 0 aliphatic carbocycles. The highest BCUT2D eigenvalue weighted by Crippen LogP contribution is 2.15. The molecule has 146 valence electrons. The molecule has 0 saturated carbocycles. The summed E-state index contributed by atoms with van der Waals surface area (Å²) in [5, 5.41) is 0.306. The molecule has 1 heterocycles. The number of hydrazine groups is 1. The number of pyridine rings is 1. The molecule has 2 N–H and O–H groups in total. The molecule has 0 saturated heterocycles. The predicted molar refractivity (Wildman–Crippen MR) is 111 cm³/mol. The monoisotopic (exact) mass is 407 g/mol. The molecule has 3 aromatic rings. The Balaban J connectivity index is 1.47. The van der Waals surface area contributed by atoms with Gasteiger partial charge in [0.05, 0.1) is 10.6 Å². The molecule has 29 heavy (non-hydrogen) atoms. The van der Waals surface area contributed by atoms with Gasteiger partial charge >= 0.3 is 0 Å². The summed E-state index contributed by atoms with van der Waals surface area (Å²) in [7, 11) is 0.